The highest BCUT2D eigenvalue weighted by molar-refractivity contribution is 5.93. The van der Waals surface area contributed by atoms with Crippen LogP contribution < -0.4 is 4.90 Å². The van der Waals surface area contributed by atoms with Crippen molar-refractivity contribution >= 4 is 24.2 Å². The number of piperazine rings is 2. The number of anilines is 1. The lowest BCUT2D eigenvalue weighted by atomic mass is 10.2. The molecule has 3 amide bonds. The van der Waals surface area contributed by atoms with Gasteiger partial charge in [-0.15, -0.1) is 0 Å². The molecule has 0 bridgehead atoms. The van der Waals surface area contributed by atoms with Gasteiger partial charge in [-0.1, -0.05) is 0 Å². The van der Waals surface area contributed by atoms with Crippen molar-refractivity contribution < 1.29 is 19.1 Å². The molecule has 2 aliphatic rings. The van der Waals surface area contributed by atoms with Crippen LogP contribution in [0.4, 0.5) is 10.6 Å². The van der Waals surface area contributed by atoms with E-state index in [1.807, 2.05) is 4.90 Å². The van der Waals surface area contributed by atoms with E-state index >= 15 is 0 Å². The van der Waals surface area contributed by atoms with E-state index in [0.29, 0.717) is 70.5 Å². The molecule has 0 N–H and O–H groups in total. The van der Waals surface area contributed by atoms with Crippen molar-refractivity contribution in [2.24, 2.45) is 0 Å². The van der Waals surface area contributed by atoms with Gasteiger partial charge < -0.3 is 24.3 Å². The number of aromatic nitrogens is 2. The van der Waals surface area contributed by atoms with Crippen LogP contribution in [0.1, 0.15) is 17.4 Å². The lowest BCUT2D eigenvalue weighted by molar-refractivity contribution is -0.119. The Kier molecular flexibility index (Phi) is 6.05. The van der Waals surface area contributed by atoms with Gasteiger partial charge in [-0.05, 0) is 6.92 Å². The lowest BCUT2D eigenvalue weighted by Crippen LogP contribution is -2.49. The normalized spacial score (nSPS) is 17.7. The van der Waals surface area contributed by atoms with Gasteiger partial charge in [-0.3, -0.25) is 9.59 Å². The first-order valence-corrected chi connectivity index (χ1v) is 9.09. The van der Waals surface area contributed by atoms with E-state index in [4.69, 9.17) is 4.74 Å². The second-order valence-corrected chi connectivity index (χ2v) is 6.37. The molecule has 146 valence electrons. The van der Waals surface area contributed by atoms with Gasteiger partial charge in [0.05, 0.1) is 6.61 Å². The Morgan fingerprint density at radius 3 is 2.33 bits per heavy atom. The predicted octanol–water partition coefficient (Wildman–Crippen LogP) is -0.331. The van der Waals surface area contributed by atoms with Gasteiger partial charge in [0.25, 0.3) is 5.91 Å². The van der Waals surface area contributed by atoms with Crippen molar-refractivity contribution in [2.75, 3.05) is 63.9 Å². The number of nitrogens with zero attached hydrogens (tertiary/aromatic N) is 6. The maximum Gasteiger partial charge on any atom is 0.409 e. The van der Waals surface area contributed by atoms with Crippen LogP contribution in [-0.4, -0.2) is 102 Å². The number of carbonyl (C=O) groups is 3. The molecule has 2 fully saturated rings. The summed E-state index contributed by atoms with van der Waals surface area (Å²) in [6, 6.07) is 1.69. The van der Waals surface area contributed by atoms with Crippen LogP contribution in [0.3, 0.4) is 0 Å². The Morgan fingerprint density at radius 1 is 1.04 bits per heavy atom. The van der Waals surface area contributed by atoms with E-state index in [1.165, 1.54) is 6.33 Å². The second kappa shape index (κ2) is 8.65. The molecule has 3 rings (SSSR count). The van der Waals surface area contributed by atoms with Gasteiger partial charge in [-0.25, -0.2) is 14.8 Å². The zero-order chi connectivity index (χ0) is 19.2. The van der Waals surface area contributed by atoms with E-state index in [2.05, 4.69) is 9.97 Å². The zero-order valence-corrected chi connectivity index (χ0v) is 15.4. The summed E-state index contributed by atoms with van der Waals surface area (Å²) in [4.78, 5) is 50.7. The molecule has 1 aromatic heterocycles. The summed E-state index contributed by atoms with van der Waals surface area (Å²) in [5.41, 5.74) is 0.340. The minimum absolute atomic E-state index is 0.158. The van der Waals surface area contributed by atoms with Crippen LogP contribution in [0, 0.1) is 0 Å². The molecule has 0 saturated carbocycles. The first-order chi connectivity index (χ1) is 13.1. The van der Waals surface area contributed by atoms with Crippen LogP contribution in [-0.2, 0) is 9.53 Å². The highest BCUT2D eigenvalue weighted by atomic mass is 16.6. The number of carbonyl (C=O) groups excluding carboxylic acids is 3. The fourth-order valence-corrected chi connectivity index (χ4v) is 3.16. The van der Waals surface area contributed by atoms with Crippen molar-refractivity contribution in [3.8, 4) is 0 Å². The van der Waals surface area contributed by atoms with Crippen molar-refractivity contribution in [1.82, 2.24) is 24.7 Å². The van der Waals surface area contributed by atoms with Crippen LogP contribution in [0.2, 0.25) is 0 Å². The van der Waals surface area contributed by atoms with Crippen LogP contribution in [0.5, 0.6) is 0 Å². The minimum Gasteiger partial charge on any atom is -0.450 e. The third-order valence-corrected chi connectivity index (χ3v) is 4.75. The average Bonchev–Trinajstić information content (AvgIpc) is 2.73. The predicted molar refractivity (Wildman–Crippen MR) is 96.4 cm³/mol. The summed E-state index contributed by atoms with van der Waals surface area (Å²) in [5, 5.41) is 0. The molecular weight excluding hydrogens is 352 g/mol. The molecule has 0 aliphatic carbocycles. The van der Waals surface area contributed by atoms with Crippen molar-refractivity contribution in [3.63, 3.8) is 0 Å². The number of ether oxygens (including phenoxy) is 1. The number of hydrogen-bond donors (Lipinski definition) is 0. The highest BCUT2D eigenvalue weighted by Gasteiger charge is 2.25. The summed E-state index contributed by atoms with van der Waals surface area (Å²) in [6.45, 7) is 6.50. The fourth-order valence-electron chi connectivity index (χ4n) is 3.16. The van der Waals surface area contributed by atoms with Gasteiger partial charge in [0, 0.05) is 58.4 Å². The van der Waals surface area contributed by atoms with Crippen molar-refractivity contribution in [3.05, 3.63) is 18.1 Å². The second-order valence-electron chi connectivity index (χ2n) is 6.37. The average molecular weight is 376 g/mol. The van der Waals surface area contributed by atoms with Crippen LogP contribution in [0.25, 0.3) is 0 Å². The summed E-state index contributed by atoms with van der Waals surface area (Å²) < 4.78 is 5.02. The standard InChI is InChI=1S/C17H24N6O4/c1-2-27-17(26)23-9-7-21(8-10-23)15-11-14(18-12-19-15)16(25)22-5-3-20(13-24)4-6-22/h11-13H,2-10H2,1H3. The summed E-state index contributed by atoms with van der Waals surface area (Å²) in [7, 11) is 0. The first-order valence-electron chi connectivity index (χ1n) is 9.09. The van der Waals surface area contributed by atoms with Gasteiger partial charge in [-0.2, -0.15) is 0 Å². The third kappa shape index (κ3) is 4.44. The molecule has 10 nitrogen and oxygen atoms in total. The van der Waals surface area contributed by atoms with E-state index in [1.54, 1.807) is 27.7 Å². The molecule has 3 heterocycles. The summed E-state index contributed by atoms with van der Waals surface area (Å²) in [6.07, 6.45) is 1.90. The molecule has 0 atom stereocenters. The SMILES string of the molecule is CCOC(=O)N1CCN(c2cc(C(=O)N3CCN(C=O)CC3)ncn2)CC1. The minimum atomic E-state index is -0.301. The largest absolute Gasteiger partial charge is 0.450 e. The summed E-state index contributed by atoms with van der Waals surface area (Å²) in [5.74, 6) is 0.512. The van der Waals surface area contributed by atoms with Crippen LogP contribution >= 0.6 is 0 Å². The Hall–Kier alpha value is -2.91. The zero-order valence-electron chi connectivity index (χ0n) is 15.4. The van der Waals surface area contributed by atoms with Gasteiger partial charge in [0.15, 0.2) is 0 Å². The molecule has 0 radical (unpaired) electrons. The highest BCUT2D eigenvalue weighted by Crippen LogP contribution is 2.16. The number of amides is 3. The van der Waals surface area contributed by atoms with E-state index < -0.39 is 0 Å². The topological polar surface area (TPSA) is 99.2 Å². The van der Waals surface area contributed by atoms with Gasteiger partial charge in [0.1, 0.15) is 17.8 Å². The molecule has 0 spiro atoms. The molecule has 1 aromatic rings. The fraction of sp³-hybridized carbons (Fsp3) is 0.588. The molecule has 27 heavy (non-hydrogen) atoms. The Labute approximate surface area is 157 Å². The Bertz CT molecular complexity index is 684. The van der Waals surface area contributed by atoms with E-state index in [-0.39, 0.29) is 12.0 Å². The van der Waals surface area contributed by atoms with E-state index in [0.717, 1.165) is 6.41 Å². The molecule has 10 heteroatoms. The molecule has 2 saturated heterocycles. The Balaban J connectivity index is 1.60. The summed E-state index contributed by atoms with van der Waals surface area (Å²) >= 11 is 0. The van der Waals surface area contributed by atoms with Crippen molar-refractivity contribution in [1.29, 1.82) is 0 Å². The smallest absolute Gasteiger partial charge is 0.409 e. The quantitative estimate of drug-likeness (QED) is 0.664. The van der Waals surface area contributed by atoms with Crippen molar-refractivity contribution in [2.45, 2.75) is 6.92 Å². The maximum atomic E-state index is 12.7. The number of hydrogen-bond acceptors (Lipinski definition) is 7. The molecule has 0 unspecified atom stereocenters. The van der Waals surface area contributed by atoms with Gasteiger partial charge >= 0.3 is 6.09 Å². The Morgan fingerprint density at radius 2 is 1.70 bits per heavy atom. The molecule has 0 aromatic carbocycles. The van der Waals surface area contributed by atoms with Crippen LogP contribution in [0.15, 0.2) is 12.4 Å². The first kappa shape index (κ1) is 18.9. The van der Waals surface area contributed by atoms with E-state index in [9.17, 15) is 14.4 Å². The number of rotatable bonds is 4. The lowest BCUT2D eigenvalue weighted by Gasteiger charge is -2.35. The molecular formula is C17H24N6O4. The molecule has 2 aliphatic heterocycles. The van der Waals surface area contributed by atoms with Gasteiger partial charge in [0.2, 0.25) is 6.41 Å². The maximum absolute atomic E-state index is 12.7. The third-order valence-electron chi connectivity index (χ3n) is 4.75. The monoisotopic (exact) mass is 376 g/mol.